The van der Waals surface area contributed by atoms with E-state index < -0.39 is 16.9 Å². The maximum Gasteiger partial charge on any atom is 0.314 e. The first-order chi connectivity index (χ1) is 22.0. The number of hydrogen-bond donors (Lipinski definition) is 2. The summed E-state index contributed by atoms with van der Waals surface area (Å²) in [5, 5.41) is 14.2. The van der Waals surface area contributed by atoms with E-state index in [1.807, 2.05) is 56.6 Å². The average molecular weight is 673 g/mol. The number of halogens is 2. The Morgan fingerprint density at radius 2 is 1.57 bits per heavy atom. The number of methoxy groups -OCH3 is 3. The van der Waals surface area contributed by atoms with Gasteiger partial charge in [0.05, 0.1) is 42.3 Å². The van der Waals surface area contributed by atoms with Crippen LogP contribution < -0.4 is 19.5 Å². The lowest BCUT2D eigenvalue weighted by molar-refractivity contribution is -0.146. The summed E-state index contributed by atoms with van der Waals surface area (Å²) in [7, 11) is 8.49. The SMILES string of the molecule is COc1cc(C(=O)NCC(CCCN2CCC(C(=O)O)(c3ccccc3)CC2)(c2ccc(Cl)c(Cl)c2)N(C)C)cc(OC)c1OC. The van der Waals surface area contributed by atoms with Crippen LogP contribution in [0.15, 0.2) is 60.7 Å². The molecule has 0 aromatic heterocycles. The zero-order valence-corrected chi connectivity index (χ0v) is 28.6. The highest BCUT2D eigenvalue weighted by molar-refractivity contribution is 6.42. The van der Waals surface area contributed by atoms with Gasteiger partial charge in [0.1, 0.15) is 0 Å². The van der Waals surface area contributed by atoms with Crippen LogP contribution in [-0.2, 0) is 15.7 Å². The average Bonchev–Trinajstić information content (AvgIpc) is 3.07. The molecule has 1 atom stereocenters. The van der Waals surface area contributed by atoms with E-state index >= 15 is 0 Å². The summed E-state index contributed by atoms with van der Waals surface area (Å²) >= 11 is 12.8. The zero-order chi connectivity index (χ0) is 33.5. The van der Waals surface area contributed by atoms with E-state index in [9.17, 15) is 14.7 Å². The van der Waals surface area contributed by atoms with E-state index in [-0.39, 0.29) is 12.5 Å². The molecule has 11 heteroatoms. The van der Waals surface area contributed by atoms with Gasteiger partial charge >= 0.3 is 5.97 Å². The third-order valence-corrected chi connectivity index (χ3v) is 10.0. The van der Waals surface area contributed by atoms with Crippen molar-refractivity contribution in [2.75, 3.05) is 61.6 Å². The lowest BCUT2D eigenvalue weighted by Crippen LogP contribution is -2.51. The Morgan fingerprint density at radius 1 is 0.935 bits per heavy atom. The molecule has 46 heavy (non-hydrogen) atoms. The van der Waals surface area contributed by atoms with E-state index in [2.05, 4.69) is 15.1 Å². The van der Waals surface area contributed by atoms with Gasteiger partial charge in [-0.3, -0.25) is 14.5 Å². The number of likely N-dealkylation sites (tertiary alicyclic amines) is 1. The van der Waals surface area contributed by atoms with Crippen molar-refractivity contribution >= 4 is 35.1 Å². The molecule has 1 aliphatic heterocycles. The molecule has 1 unspecified atom stereocenters. The Bertz CT molecular complexity index is 1490. The van der Waals surface area contributed by atoms with Crippen molar-refractivity contribution in [2.45, 2.75) is 36.6 Å². The van der Waals surface area contributed by atoms with Crippen LogP contribution in [-0.4, -0.2) is 88.4 Å². The molecule has 1 aliphatic rings. The molecule has 1 saturated heterocycles. The number of amides is 1. The van der Waals surface area contributed by atoms with E-state index in [1.54, 1.807) is 18.2 Å². The fourth-order valence-electron chi connectivity index (χ4n) is 6.44. The number of nitrogens with zero attached hydrogens (tertiary/aromatic N) is 2. The Kier molecular flexibility index (Phi) is 11.8. The maximum absolute atomic E-state index is 13.6. The number of piperidine rings is 1. The van der Waals surface area contributed by atoms with Crippen LogP contribution >= 0.6 is 23.2 Å². The highest BCUT2D eigenvalue weighted by atomic mass is 35.5. The fraction of sp³-hybridized carbons (Fsp3) is 0.429. The smallest absolute Gasteiger partial charge is 0.314 e. The number of likely N-dealkylation sites (N-methyl/N-ethyl adjacent to an activating group) is 1. The predicted molar refractivity (Wildman–Crippen MR) is 181 cm³/mol. The van der Waals surface area contributed by atoms with Gasteiger partial charge < -0.3 is 29.5 Å². The summed E-state index contributed by atoms with van der Waals surface area (Å²) < 4.78 is 16.3. The van der Waals surface area contributed by atoms with Gasteiger partial charge in [-0.1, -0.05) is 59.6 Å². The largest absolute Gasteiger partial charge is 0.493 e. The van der Waals surface area contributed by atoms with Crippen molar-refractivity contribution in [1.82, 2.24) is 15.1 Å². The van der Waals surface area contributed by atoms with Crippen molar-refractivity contribution in [2.24, 2.45) is 0 Å². The number of hydrogen-bond acceptors (Lipinski definition) is 7. The molecule has 248 valence electrons. The van der Waals surface area contributed by atoms with Crippen molar-refractivity contribution in [3.8, 4) is 17.2 Å². The minimum atomic E-state index is -0.873. The number of nitrogens with one attached hydrogen (secondary N) is 1. The summed E-state index contributed by atoms with van der Waals surface area (Å²) in [5.74, 6) is 0.106. The quantitative estimate of drug-likeness (QED) is 0.212. The summed E-state index contributed by atoms with van der Waals surface area (Å²) in [5.41, 5.74) is 0.642. The Balaban J connectivity index is 1.53. The Hall–Kier alpha value is -3.50. The molecule has 1 amide bonds. The van der Waals surface area contributed by atoms with Crippen LogP contribution in [0.2, 0.25) is 10.0 Å². The molecule has 3 aromatic rings. The lowest BCUT2D eigenvalue weighted by Gasteiger charge is -2.42. The second-order valence-electron chi connectivity index (χ2n) is 11.9. The molecule has 0 spiro atoms. The van der Waals surface area contributed by atoms with Crippen molar-refractivity contribution in [3.63, 3.8) is 0 Å². The van der Waals surface area contributed by atoms with Crippen LogP contribution in [0.5, 0.6) is 17.2 Å². The summed E-state index contributed by atoms with van der Waals surface area (Å²) in [6, 6.07) is 18.4. The number of carboxylic acid groups (broad SMARTS) is 1. The van der Waals surface area contributed by atoms with Crippen LogP contribution in [0.1, 0.15) is 47.2 Å². The lowest BCUT2D eigenvalue weighted by atomic mass is 9.73. The zero-order valence-electron chi connectivity index (χ0n) is 27.1. The standard InChI is InChI=1S/C35H43Cl2N3O6/c1-39(2)35(26-12-13-27(36)28(37)22-26,23-38-32(41)24-20-29(44-3)31(46-5)30(21-24)45-4)14-9-17-40-18-15-34(16-19-40,33(42)43)25-10-7-6-8-11-25/h6-8,10-13,20-22H,9,14-19,23H2,1-5H3,(H,38,41)(H,42,43). The first-order valence-electron chi connectivity index (χ1n) is 15.2. The first-order valence-corrected chi connectivity index (χ1v) is 16.0. The number of carbonyl (C=O) groups excluding carboxylic acids is 1. The Labute approximate surface area is 281 Å². The molecular weight excluding hydrogens is 629 g/mol. The molecule has 3 aromatic carbocycles. The second-order valence-corrected chi connectivity index (χ2v) is 12.7. The van der Waals surface area contributed by atoms with E-state index in [1.165, 1.54) is 21.3 Å². The van der Waals surface area contributed by atoms with Gasteiger partial charge in [-0.15, -0.1) is 0 Å². The number of carboxylic acids is 1. The summed E-state index contributed by atoms with van der Waals surface area (Å²) in [4.78, 5) is 30.4. The maximum atomic E-state index is 13.6. The van der Waals surface area contributed by atoms with Gasteiger partial charge in [0.2, 0.25) is 5.75 Å². The van der Waals surface area contributed by atoms with Crippen molar-refractivity contribution in [3.05, 3.63) is 87.4 Å². The van der Waals surface area contributed by atoms with Crippen LogP contribution in [0.4, 0.5) is 0 Å². The topological polar surface area (TPSA) is 101 Å². The van der Waals surface area contributed by atoms with Gasteiger partial charge in [0.25, 0.3) is 5.91 Å². The molecule has 0 radical (unpaired) electrons. The third-order valence-electron chi connectivity index (χ3n) is 9.29. The van der Waals surface area contributed by atoms with Gasteiger partial charge in [-0.2, -0.15) is 0 Å². The first kappa shape index (κ1) is 35.4. The molecule has 2 N–H and O–H groups in total. The number of aliphatic carboxylic acids is 1. The molecule has 1 fully saturated rings. The monoisotopic (exact) mass is 671 g/mol. The van der Waals surface area contributed by atoms with Gasteiger partial charge in [-0.25, -0.2) is 0 Å². The highest BCUT2D eigenvalue weighted by Gasteiger charge is 2.43. The minimum Gasteiger partial charge on any atom is -0.493 e. The normalized spacial score (nSPS) is 16.0. The van der Waals surface area contributed by atoms with Crippen molar-refractivity contribution in [1.29, 1.82) is 0 Å². The molecule has 0 saturated carbocycles. The van der Waals surface area contributed by atoms with Crippen molar-refractivity contribution < 1.29 is 28.9 Å². The van der Waals surface area contributed by atoms with Gasteiger partial charge in [-0.05, 0) is 94.8 Å². The number of benzene rings is 3. The van der Waals surface area contributed by atoms with Crippen LogP contribution in [0.25, 0.3) is 0 Å². The molecule has 1 heterocycles. The summed E-state index contributed by atoms with van der Waals surface area (Å²) in [6.45, 7) is 2.42. The second kappa shape index (κ2) is 15.4. The molecule has 4 rings (SSSR count). The minimum absolute atomic E-state index is 0.281. The molecular formula is C35H43Cl2N3O6. The molecule has 0 aliphatic carbocycles. The highest BCUT2D eigenvalue weighted by Crippen LogP contribution is 2.40. The Morgan fingerprint density at radius 3 is 2.09 bits per heavy atom. The van der Waals surface area contributed by atoms with Crippen LogP contribution in [0, 0.1) is 0 Å². The van der Waals surface area contributed by atoms with Gasteiger partial charge in [0, 0.05) is 12.1 Å². The molecule has 0 bridgehead atoms. The predicted octanol–water partition coefficient (Wildman–Crippen LogP) is 6.10. The fourth-order valence-corrected chi connectivity index (χ4v) is 6.74. The number of ether oxygens (including phenoxy) is 3. The summed E-state index contributed by atoms with van der Waals surface area (Å²) in [6.07, 6.45) is 2.57. The molecule has 9 nitrogen and oxygen atoms in total. The van der Waals surface area contributed by atoms with E-state index in [4.69, 9.17) is 37.4 Å². The third kappa shape index (κ3) is 7.39. The van der Waals surface area contributed by atoms with E-state index in [0.717, 1.165) is 24.1 Å². The number of carbonyl (C=O) groups is 2. The van der Waals surface area contributed by atoms with Crippen LogP contribution in [0.3, 0.4) is 0 Å². The van der Waals surface area contributed by atoms with E-state index in [0.29, 0.717) is 65.2 Å². The van der Waals surface area contributed by atoms with Gasteiger partial charge in [0.15, 0.2) is 11.5 Å². The number of rotatable bonds is 14.